The molecule has 1 aliphatic rings. The lowest BCUT2D eigenvalue weighted by molar-refractivity contribution is -0.384. The van der Waals surface area contributed by atoms with Gasteiger partial charge in [-0.25, -0.2) is 4.98 Å². The van der Waals surface area contributed by atoms with Crippen molar-refractivity contribution >= 4 is 17.5 Å². The largest absolute Gasteiger partial charge is 0.357 e. The van der Waals surface area contributed by atoms with E-state index >= 15 is 0 Å². The highest BCUT2D eigenvalue weighted by Gasteiger charge is 2.27. The zero-order chi connectivity index (χ0) is 14.7. The fourth-order valence-electron chi connectivity index (χ4n) is 2.43. The first-order valence-electron chi connectivity index (χ1n) is 6.63. The maximum absolute atomic E-state index is 11.1. The predicted octanol–water partition coefficient (Wildman–Crippen LogP) is 0.957. The van der Waals surface area contributed by atoms with Crippen LogP contribution >= 0.6 is 0 Å². The third-order valence-electron chi connectivity index (χ3n) is 3.74. The van der Waals surface area contributed by atoms with E-state index in [2.05, 4.69) is 27.2 Å². The van der Waals surface area contributed by atoms with Gasteiger partial charge < -0.3 is 15.1 Å². The molecule has 1 fully saturated rings. The second-order valence-electron chi connectivity index (χ2n) is 5.05. The molecule has 0 bridgehead atoms. The van der Waals surface area contributed by atoms with Gasteiger partial charge in [-0.1, -0.05) is 0 Å². The highest BCUT2D eigenvalue weighted by Crippen LogP contribution is 2.29. The Hall–Kier alpha value is -1.96. The normalized spacial score (nSPS) is 16.9. The van der Waals surface area contributed by atoms with Gasteiger partial charge in [0.25, 0.3) is 0 Å². The highest BCUT2D eigenvalue weighted by molar-refractivity contribution is 5.59. The number of piperidine rings is 1. The molecule has 1 N–H and O–H groups in total. The lowest BCUT2D eigenvalue weighted by Gasteiger charge is -2.35. The molecule has 1 aromatic heterocycles. The molecule has 0 unspecified atom stereocenters. The van der Waals surface area contributed by atoms with Crippen molar-refractivity contribution in [1.29, 1.82) is 0 Å². The summed E-state index contributed by atoms with van der Waals surface area (Å²) < 4.78 is 0. The average Bonchev–Trinajstić information content (AvgIpc) is 2.46. The van der Waals surface area contributed by atoms with Gasteiger partial charge in [0.15, 0.2) is 0 Å². The third-order valence-corrected chi connectivity index (χ3v) is 3.74. The predicted molar refractivity (Wildman–Crippen MR) is 77.2 cm³/mol. The summed E-state index contributed by atoms with van der Waals surface area (Å²) in [6.07, 6.45) is 3.21. The zero-order valence-electron chi connectivity index (χ0n) is 12.0. The van der Waals surface area contributed by atoms with E-state index < -0.39 is 4.92 Å². The van der Waals surface area contributed by atoms with E-state index in [0.29, 0.717) is 11.8 Å². The lowest BCUT2D eigenvalue weighted by Crippen LogP contribution is -2.42. The Kier molecular flexibility index (Phi) is 4.33. The smallest absolute Gasteiger partial charge is 0.329 e. The summed E-state index contributed by atoms with van der Waals surface area (Å²) in [6, 6.07) is 0.268. The van der Waals surface area contributed by atoms with Gasteiger partial charge in [0.05, 0.1) is 4.92 Å². The number of likely N-dealkylation sites (tertiary alicyclic amines) is 1. The summed E-state index contributed by atoms with van der Waals surface area (Å²) in [5.41, 5.74) is -0.0505. The van der Waals surface area contributed by atoms with Crippen molar-refractivity contribution in [3.8, 4) is 0 Å². The number of nitro groups is 1. The molecular formula is C12H20N6O2. The Labute approximate surface area is 118 Å². The third kappa shape index (κ3) is 2.96. The Bertz CT molecular complexity index is 487. The highest BCUT2D eigenvalue weighted by atomic mass is 16.6. The second-order valence-corrected chi connectivity index (χ2v) is 5.05. The van der Waals surface area contributed by atoms with E-state index in [-0.39, 0.29) is 11.7 Å². The van der Waals surface area contributed by atoms with Gasteiger partial charge >= 0.3 is 5.69 Å². The monoisotopic (exact) mass is 280 g/mol. The molecule has 0 radical (unpaired) electrons. The van der Waals surface area contributed by atoms with Crippen LogP contribution in [-0.2, 0) is 0 Å². The van der Waals surface area contributed by atoms with E-state index in [9.17, 15) is 10.1 Å². The molecular weight excluding hydrogens is 260 g/mol. The molecule has 0 amide bonds. The van der Waals surface area contributed by atoms with E-state index in [4.69, 9.17) is 0 Å². The number of hydrogen-bond donors (Lipinski definition) is 1. The number of nitrogens with one attached hydrogen (secondary N) is 1. The van der Waals surface area contributed by atoms with Crippen LogP contribution in [0, 0.1) is 10.1 Å². The molecule has 20 heavy (non-hydrogen) atoms. The lowest BCUT2D eigenvalue weighted by atomic mass is 10.0. The van der Waals surface area contributed by atoms with Crippen LogP contribution < -0.4 is 10.2 Å². The van der Waals surface area contributed by atoms with Crippen LogP contribution in [0.25, 0.3) is 0 Å². The molecule has 0 atom stereocenters. The van der Waals surface area contributed by atoms with Gasteiger partial charge in [0, 0.05) is 20.1 Å². The standard InChI is InChI=1S/C12H20N6O2/c1-13-12-14-8-10(18(19)20)11(15-12)17(3)9-4-6-16(2)7-5-9/h8-9H,4-7H2,1-3H3,(H,13,14,15). The molecule has 1 aliphatic heterocycles. The molecule has 0 aliphatic carbocycles. The van der Waals surface area contributed by atoms with E-state index in [0.717, 1.165) is 25.9 Å². The van der Waals surface area contributed by atoms with Crippen molar-refractivity contribution in [2.45, 2.75) is 18.9 Å². The molecule has 2 rings (SSSR count). The van der Waals surface area contributed by atoms with Crippen LogP contribution in [-0.4, -0.2) is 60.1 Å². The molecule has 2 heterocycles. The Morgan fingerprint density at radius 2 is 2.15 bits per heavy atom. The minimum absolute atomic E-state index is 0.0505. The minimum Gasteiger partial charge on any atom is -0.357 e. The second kappa shape index (κ2) is 6.00. The van der Waals surface area contributed by atoms with Gasteiger partial charge in [0.1, 0.15) is 6.20 Å². The molecule has 0 saturated carbocycles. The topological polar surface area (TPSA) is 87.4 Å². The van der Waals surface area contributed by atoms with Gasteiger partial charge in [-0.2, -0.15) is 4.98 Å². The number of nitrogens with zero attached hydrogens (tertiary/aromatic N) is 5. The summed E-state index contributed by atoms with van der Waals surface area (Å²) in [7, 11) is 5.65. The summed E-state index contributed by atoms with van der Waals surface area (Å²) in [6.45, 7) is 1.99. The maximum atomic E-state index is 11.1. The van der Waals surface area contributed by atoms with Crippen molar-refractivity contribution in [3.63, 3.8) is 0 Å². The fourth-order valence-corrected chi connectivity index (χ4v) is 2.43. The molecule has 1 saturated heterocycles. The van der Waals surface area contributed by atoms with Gasteiger partial charge in [0.2, 0.25) is 11.8 Å². The molecule has 0 aromatic carbocycles. The van der Waals surface area contributed by atoms with Crippen molar-refractivity contribution < 1.29 is 4.92 Å². The van der Waals surface area contributed by atoms with E-state index in [1.54, 1.807) is 7.05 Å². The van der Waals surface area contributed by atoms with Crippen LogP contribution in [0.4, 0.5) is 17.5 Å². The van der Waals surface area contributed by atoms with E-state index in [1.165, 1.54) is 6.20 Å². The van der Waals surface area contributed by atoms with E-state index in [1.807, 2.05) is 11.9 Å². The maximum Gasteiger partial charge on any atom is 0.329 e. The Morgan fingerprint density at radius 1 is 1.50 bits per heavy atom. The van der Waals surface area contributed by atoms with Crippen molar-refractivity contribution in [2.24, 2.45) is 0 Å². The van der Waals surface area contributed by atoms with Crippen LogP contribution in [0.15, 0.2) is 6.20 Å². The van der Waals surface area contributed by atoms with Crippen LogP contribution in [0.1, 0.15) is 12.8 Å². The number of anilines is 2. The van der Waals surface area contributed by atoms with Crippen molar-refractivity contribution in [2.75, 3.05) is 44.4 Å². The summed E-state index contributed by atoms with van der Waals surface area (Å²) in [4.78, 5) is 23.0. The van der Waals surface area contributed by atoms with Crippen LogP contribution in [0.5, 0.6) is 0 Å². The molecule has 0 spiro atoms. The number of hydrogen-bond acceptors (Lipinski definition) is 7. The average molecular weight is 280 g/mol. The molecule has 8 heteroatoms. The Morgan fingerprint density at radius 3 is 2.70 bits per heavy atom. The first-order valence-corrected chi connectivity index (χ1v) is 6.63. The summed E-state index contributed by atoms with van der Waals surface area (Å²) in [5.74, 6) is 0.772. The van der Waals surface area contributed by atoms with Gasteiger partial charge in [-0.15, -0.1) is 0 Å². The molecule has 8 nitrogen and oxygen atoms in total. The first-order chi connectivity index (χ1) is 9.52. The van der Waals surface area contributed by atoms with Gasteiger partial charge in [-0.3, -0.25) is 10.1 Å². The fraction of sp³-hybridized carbons (Fsp3) is 0.667. The summed E-state index contributed by atoms with van der Waals surface area (Å²) >= 11 is 0. The van der Waals surface area contributed by atoms with Gasteiger partial charge in [-0.05, 0) is 33.0 Å². The summed E-state index contributed by atoms with van der Waals surface area (Å²) in [5, 5.41) is 13.9. The SMILES string of the molecule is CNc1ncc([N+](=O)[O-])c(N(C)C2CCN(C)CC2)n1. The quantitative estimate of drug-likeness (QED) is 0.649. The Balaban J connectivity index is 2.27. The molecule has 110 valence electrons. The van der Waals surface area contributed by atoms with Crippen LogP contribution in [0.2, 0.25) is 0 Å². The first kappa shape index (κ1) is 14.4. The zero-order valence-corrected chi connectivity index (χ0v) is 12.0. The van der Waals surface area contributed by atoms with Crippen LogP contribution in [0.3, 0.4) is 0 Å². The minimum atomic E-state index is -0.430. The number of aromatic nitrogens is 2. The van der Waals surface area contributed by atoms with Crippen molar-refractivity contribution in [1.82, 2.24) is 14.9 Å². The molecule has 1 aromatic rings. The van der Waals surface area contributed by atoms with Crippen molar-refractivity contribution in [3.05, 3.63) is 16.3 Å². The number of rotatable bonds is 4.